The van der Waals surface area contributed by atoms with Crippen LogP contribution in [-0.4, -0.2) is 50.1 Å². The number of amides is 2. The molecule has 2 aromatic rings. The molecule has 0 aliphatic rings. The molecule has 0 saturated heterocycles. The number of nitrogens with zero attached hydrogens (tertiary/aromatic N) is 1. The first-order valence-corrected chi connectivity index (χ1v) is 10.9. The number of hydrogen-bond acceptors (Lipinski definition) is 5. The molecule has 2 aromatic carbocycles. The van der Waals surface area contributed by atoms with Crippen LogP contribution in [-0.2, 0) is 16.1 Å². The maximum Gasteiger partial charge on any atom is 0.261 e. The highest BCUT2D eigenvalue weighted by molar-refractivity contribution is 5.87. The maximum absolute atomic E-state index is 13.1. The van der Waals surface area contributed by atoms with Gasteiger partial charge in [0.2, 0.25) is 5.91 Å². The Morgan fingerprint density at radius 3 is 2.16 bits per heavy atom. The Morgan fingerprint density at radius 1 is 1.00 bits per heavy atom. The molecule has 174 valence electrons. The van der Waals surface area contributed by atoms with Gasteiger partial charge < -0.3 is 24.4 Å². The van der Waals surface area contributed by atoms with Crippen LogP contribution in [0.15, 0.2) is 42.5 Å². The molecule has 0 fully saturated rings. The minimum absolute atomic E-state index is 0.179. The van der Waals surface area contributed by atoms with Crippen molar-refractivity contribution in [3.63, 3.8) is 0 Å². The average Bonchev–Trinajstić information content (AvgIpc) is 2.81. The zero-order valence-electron chi connectivity index (χ0n) is 19.6. The highest BCUT2D eigenvalue weighted by atomic mass is 16.5. The molecule has 0 spiro atoms. The minimum atomic E-state index is -0.635. The molecule has 0 aliphatic carbocycles. The molecule has 1 unspecified atom stereocenters. The number of aryl methyl sites for hydroxylation is 1. The SMILES string of the molecule is CCCCNC(=O)C(C)N(Cc1ccc(C)cc1)C(=O)COc1cc(OC)cc(OC)c1. The second-order valence-corrected chi connectivity index (χ2v) is 7.66. The number of ether oxygens (including phenoxy) is 3. The topological polar surface area (TPSA) is 77.1 Å². The number of unbranched alkanes of at least 4 members (excludes halogenated alkanes) is 1. The predicted molar refractivity (Wildman–Crippen MR) is 124 cm³/mol. The van der Waals surface area contributed by atoms with Crippen LogP contribution in [0, 0.1) is 6.92 Å². The van der Waals surface area contributed by atoms with E-state index in [1.54, 1.807) is 44.2 Å². The summed E-state index contributed by atoms with van der Waals surface area (Å²) in [4.78, 5) is 27.3. The van der Waals surface area contributed by atoms with Gasteiger partial charge in [-0.25, -0.2) is 0 Å². The third kappa shape index (κ3) is 7.48. The monoisotopic (exact) mass is 442 g/mol. The molecule has 0 heterocycles. The zero-order valence-corrected chi connectivity index (χ0v) is 19.6. The fraction of sp³-hybridized carbons (Fsp3) is 0.440. The van der Waals surface area contributed by atoms with Crippen molar-refractivity contribution in [3.8, 4) is 17.2 Å². The smallest absolute Gasteiger partial charge is 0.261 e. The lowest BCUT2D eigenvalue weighted by Gasteiger charge is -2.29. The van der Waals surface area contributed by atoms with Crippen molar-refractivity contribution in [2.24, 2.45) is 0 Å². The Bertz CT molecular complexity index is 860. The lowest BCUT2D eigenvalue weighted by atomic mass is 10.1. The van der Waals surface area contributed by atoms with Gasteiger partial charge in [-0.05, 0) is 25.8 Å². The molecule has 32 heavy (non-hydrogen) atoms. The van der Waals surface area contributed by atoms with Gasteiger partial charge in [0.1, 0.15) is 23.3 Å². The van der Waals surface area contributed by atoms with E-state index >= 15 is 0 Å². The third-order valence-corrected chi connectivity index (χ3v) is 5.16. The van der Waals surface area contributed by atoms with Gasteiger partial charge in [-0.15, -0.1) is 0 Å². The number of hydrogen-bond donors (Lipinski definition) is 1. The molecule has 7 nitrogen and oxygen atoms in total. The summed E-state index contributed by atoms with van der Waals surface area (Å²) in [6, 6.07) is 12.4. The van der Waals surface area contributed by atoms with Gasteiger partial charge >= 0.3 is 0 Å². The van der Waals surface area contributed by atoms with E-state index in [-0.39, 0.29) is 18.4 Å². The number of carbonyl (C=O) groups is 2. The van der Waals surface area contributed by atoms with E-state index in [4.69, 9.17) is 14.2 Å². The highest BCUT2D eigenvalue weighted by Gasteiger charge is 2.26. The molecular formula is C25H34N2O5. The summed E-state index contributed by atoms with van der Waals surface area (Å²) in [6.07, 6.45) is 1.88. The molecule has 0 bridgehead atoms. The molecule has 0 aromatic heterocycles. The molecule has 0 radical (unpaired) electrons. The van der Waals surface area contributed by atoms with Gasteiger partial charge in [0, 0.05) is 31.3 Å². The van der Waals surface area contributed by atoms with Crippen LogP contribution in [0.5, 0.6) is 17.2 Å². The molecule has 0 saturated carbocycles. The molecule has 1 atom stereocenters. The van der Waals surface area contributed by atoms with E-state index in [1.807, 2.05) is 31.2 Å². The molecule has 7 heteroatoms. The second kappa shape index (κ2) is 12.6. The molecular weight excluding hydrogens is 408 g/mol. The Kier molecular flexibility index (Phi) is 9.85. The van der Waals surface area contributed by atoms with Crippen molar-refractivity contribution in [2.75, 3.05) is 27.4 Å². The Labute approximate surface area is 190 Å². The van der Waals surface area contributed by atoms with Gasteiger partial charge in [0.15, 0.2) is 6.61 Å². The van der Waals surface area contributed by atoms with Crippen molar-refractivity contribution < 1.29 is 23.8 Å². The Hall–Kier alpha value is -3.22. The molecule has 2 rings (SSSR count). The van der Waals surface area contributed by atoms with Crippen LogP contribution >= 0.6 is 0 Å². The zero-order chi connectivity index (χ0) is 23.5. The van der Waals surface area contributed by atoms with Crippen molar-refractivity contribution in [1.29, 1.82) is 0 Å². The highest BCUT2D eigenvalue weighted by Crippen LogP contribution is 2.27. The van der Waals surface area contributed by atoms with Crippen LogP contribution in [0.1, 0.15) is 37.8 Å². The standard InChI is InChI=1S/C25H34N2O5/c1-6-7-12-26-25(29)19(3)27(16-20-10-8-18(2)9-11-20)24(28)17-32-23-14-21(30-4)13-22(15-23)31-5/h8-11,13-15,19H,6-7,12,16-17H2,1-5H3,(H,26,29). The summed E-state index contributed by atoms with van der Waals surface area (Å²) >= 11 is 0. The van der Waals surface area contributed by atoms with Gasteiger partial charge in [0.25, 0.3) is 5.91 Å². The van der Waals surface area contributed by atoms with Crippen molar-refractivity contribution in [3.05, 3.63) is 53.6 Å². The van der Waals surface area contributed by atoms with Gasteiger partial charge in [-0.2, -0.15) is 0 Å². The van der Waals surface area contributed by atoms with E-state index in [1.165, 1.54) is 0 Å². The fourth-order valence-electron chi connectivity index (χ4n) is 3.10. The lowest BCUT2D eigenvalue weighted by molar-refractivity contribution is -0.142. The first kappa shape index (κ1) is 25.0. The van der Waals surface area contributed by atoms with Crippen LogP contribution in [0.4, 0.5) is 0 Å². The summed E-state index contributed by atoms with van der Waals surface area (Å²) in [5.41, 5.74) is 2.08. The molecule has 2 amide bonds. The van der Waals surface area contributed by atoms with E-state index < -0.39 is 6.04 Å². The normalized spacial score (nSPS) is 11.4. The average molecular weight is 443 g/mol. The minimum Gasteiger partial charge on any atom is -0.496 e. The van der Waals surface area contributed by atoms with Crippen molar-refractivity contribution in [1.82, 2.24) is 10.2 Å². The van der Waals surface area contributed by atoms with Crippen LogP contribution in [0.3, 0.4) is 0 Å². The first-order chi connectivity index (χ1) is 15.4. The number of methoxy groups -OCH3 is 2. The quantitative estimate of drug-likeness (QED) is 0.507. The molecule has 0 aliphatic heterocycles. The summed E-state index contributed by atoms with van der Waals surface area (Å²) < 4.78 is 16.2. The summed E-state index contributed by atoms with van der Waals surface area (Å²) in [5, 5.41) is 2.91. The van der Waals surface area contributed by atoms with Crippen LogP contribution < -0.4 is 19.5 Å². The predicted octanol–water partition coefficient (Wildman–Crippen LogP) is 3.72. The number of carbonyl (C=O) groups excluding carboxylic acids is 2. The van der Waals surface area contributed by atoms with Crippen LogP contribution in [0.25, 0.3) is 0 Å². The lowest BCUT2D eigenvalue weighted by Crippen LogP contribution is -2.49. The molecule has 1 N–H and O–H groups in total. The van der Waals surface area contributed by atoms with Gasteiger partial charge in [-0.1, -0.05) is 43.2 Å². The number of rotatable bonds is 12. The third-order valence-electron chi connectivity index (χ3n) is 5.16. The van der Waals surface area contributed by atoms with E-state index in [0.29, 0.717) is 30.3 Å². The fourth-order valence-corrected chi connectivity index (χ4v) is 3.10. The van der Waals surface area contributed by atoms with E-state index in [9.17, 15) is 9.59 Å². The van der Waals surface area contributed by atoms with Gasteiger partial charge in [0.05, 0.1) is 14.2 Å². The van der Waals surface area contributed by atoms with Crippen LogP contribution in [0.2, 0.25) is 0 Å². The van der Waals surface area contributed by atoms with E-state index in [2.05, 4.69) is 12.2 Å². The largest absolute Gasteiger partial charge is 0.496 e. The first-order valence-electron chi connectivity index (χ1n) is 10.9. The number of nitrogens with one attached hydrogen (secondary N) is 1. The number of benzene rings is 2. The second-order valence-electron chi connectivity index (χ2n) is 7.66. The van der Waals surface area contributed by atoms with E-state index in [0.717, 1.165) is 24.0 Å². The summed E-state index contributed by atoms with van der Waals surface area (Å²) in [5.74, 6) is 1.11. The maximum atomic E-state index is 13.1. The van der Waals surface area contributed by atoms with Gasteiger partial charge in [-0.3, -0.25) is 9.59 Å². The van der Waals surface area contributed by atoms with Crippen molar-refractivity contribution >= 4 is 11.8 Å². The Balaban J connectivity index is 2.15. The Morgan fingerprint density at radius 2 is 1.59 bits per heavy atom. The summed E-state index contributed by atoms with van der Waals surface area (Å²) in [6.45, 7) is 6.50. The van der Waals surface area contributed by atoms with Crippen molar-refractivity contribution in [2.45, 2.75) is 46.2 Å². The summed E-state index contributed by atoms with van der Waals surface area (Å²) in [7, 11) is 3.09.